The molecule has 7 nitrogen and oxygen atoms in total. The number of hydrogen-bond donors (Lipinski definition) is 2. The Labute approximate surface area is 171 Å². The second kappa shape index (κ2) is 10.1. The number of morpholine rings is 1. The van der Waals surface area contributed by atoms with Crippen LogP contribution in [-0.2, 0) is 4.74 Å². The fourth-order valence-corrected chi connectivity index (χ4v) is 3.25. The summed E-state index contributed by atoms with van der Waals surface area (Å²) in [5.74, 6) is -0.255. The molecule has 7 heteroatoms. The number of carbonyl (C=O) groups excluding carboxylic acids is 2. The van der Waals surface area contributed by atoms with E-state index in [1.54, 1.807) is 6.07 Å². The summed E-state index contributed by atoms with van der Waals surface area (Å²) in [5, 5.41) is 5.81. The van der Waals surface area contributed by atoms with Gasteiger partial charge in [-0.3, -0.25) is 19.5 Å². The van der Waals surface area contributed by atoms with Gasteiger partial charge in [-0.15, -0.1) is 0 Å². The van der Waals surface area contributed by atoms with Crippen LogP contribution in [0, 0.1) is 0 Å². The molecule has 0 saturated carbocycles. The van der Waals surface area contributed by atoms with Crippen molar-refractivity contribution in [2.75, 3.05) is 44.7 Å². The van der Waals surface area contributed by atoms with Crippen molar-refractivity contribution in [3.05, 3.63) is 59.4 Å². The van der Waals surface area contributed by atoms with Gasteiger partial charge >= 0.3 is 0 Å². The standard InChI is InChI=1S/C22H28N4O3/c1-16(2)18-5-3-4-6-19(18)25-21(27)17-7-8-23-20(15-17)22(28)24-9-10-26-11-13-29-14-12-26/h3-8,15-16H,9-14H2,1-2H3,(H,24,28)(H,25,27). The zero-order valence-electron chi connectivity index (χ0n) is 17.0. The number of anilines is 1. The summed E-state index contributed by atoms with van der Waals surface area (Å²) in [4.78, 5) is 31.5. The number of benzene rings is 1. The van der Waals surface area contributed by atoms with Gasteiger partial charge in [-0.25, -0.2) is 0 Å². The van der Waals surface area contributed by atoms with Gasteiger partial charge in [0.1, 0.15) is 5.69 Å². The normalized spacial score (nSPS) is 14.6. The average Bonchev–Trinajstić information content (AvgIpc) is 2.74. The molecule has 2 N–H and O–H groups in total. The fourth-order valence-electron chi connectivity index (χ4n) is 3.25. The van der Waals surface area contributed by atoms with E-state index in [9.17, 15) is 9.59 Å². The molecule has 2 aromatic rings. The number of rotatable bonds is 7. The van der Waals surface area contributed by atoms with Gasteiger partial charge < -0.3 is 15.4 Å². The van der Waals surface area contributed by atoms with Crippen molar-refractivity contribution in [1.82, 2.24) is 15.2 Å². The molecule has 1 aliphatic rings. The average molecular weight is 396 g/mol. The molecule has 1 aromatic carbocycles. The van der Waals surface area contributed by atoms with Crippen molar-refractivity contribution >= 4 is 17.5 Å². The SMILES string of the molecule is CC(C)c1ccccc1NC(=O)c1ccnc(C(=O)NCCN2CCOCC2)c1. The number of hydrogen-bond acceptors (Lipinski definition) is 5. The first-order valence-electron chi connectivity index (χ1n) is 9.99. The lowest BCUT2D eigenvalue weighted by Gasteiger charge is -2.26. The van der Waals surface area contributed by atoms with Gasteiger partial charge in [0.2, 0.25) is 0 Å². The van der Waals surface area contributed by atoms with E-state index in [1.165, 1.54) is 12.3 Å². The first kappa shape index (κ1) is 21.0. The molecule has 2 amide bonds. The fraction of sp³-hybridized carbons (Fsp3) is 0.409. The topological polar surface area (TPSA) is 83.6 Å². The van der Waals surface area contributed by atoms with Gasteiger partial charge in [-0.2, -0.15) is 0 Å². The summed E-state index contributed by atoms with van der Waals surface area (Å²) in [6.07, 6.45) is 1.49. The minimum Gasteiger partial charge on any atom is -0.379 e. The van der Waals surface area contributed by atoms with E-state index in [4.69, 9.17) is 4.74 Å². The van der Waals surface area contributed by atoms with Crippen LogP contribution in [0.25, 0.3) is 0 Å². The lowest BCUT2D eigenvalue weighted by molar-refractivity contribution is 0.0383. The molecule has 154 valence electrons. The lowest BCUT2D eigenvalue weighted by atomic mass is 10.0. The number of pyridine rings is 1. The molecule has 1 aromatic heterocycles. The smallest absolute Gasteiger partial charge is 0.269 e. The van der Waals surface area contributed by atoms with Gasteiger partial charge in [0.25, 0.3) is 11.8 Å². The van der Waals surface area contributed by atoms with E-state index in [0.717, 1.165) is 44.1 Å². The van der Waals surface area contributed by atoms with Crippen LogP contribution in [0.5, 0.6) is 0 Å². The van der Waals surface area contributed by atoms with Gasteiger partial charge in [0, 0.05) is 43.6 Å². The van der Waals surface area contributed by atoms with Crippen LogP contribution in [-0.4, -0.2) is 61.1 Å². The predicted octanol–water partition coefficient (Wildman–Crippen LogP) is 2.52. The summed E-state index contributed by atoms with van der Waals surface area (Å²) in [6, 6.07) is 10.9. The molecule has 0 aliphatic carbocycles. The zero-order valence-corrected chi connectivity index (χ0v) is 17.0. The highest BCUT2D eigenvalue weighted by molar-refractivity contribution is 6.06. The van der Waals surface area contributed by atoms with Crippen LogP contribution in [0.3, 0.4) is 0 Å². The molecule has 0 bridgehead atoms. The van der Waals surface area contributed by atoms with Crippen molar-refractivity contribution in [1.29, 1.82) is 0 Å². The number of aromatic nitrogens is 1. The van der Waals surface area contributed by atoms with Crippen LogP contribution in [0.1, 0.15) is 46.2 Å². The Balaban J connectivity index is 1.59. The van der Waals surface area contributed by atoms with E-state index in [2.05, 4.69) is 34.4 Å². The minimum absolute atomic E-state index is 0.233. The number of carbonyl (C=O) groups is 2. The molecule has 1 saturated heterocycles. The predicted molar refractivity (Wildman–Crippen MR) is 112 cm³/mol. The summed E-state index contributed by atoms with van der Waals surface area (Å²) in [7, 11) is 0. The largest absolute Gasteiger partial charge is 0.379 e. The second-order valence-corrected chi connectivity index (χ2v) is 7.34. The van der Waals surface area contributed by atoms with E-state index in [-0.39, 0.29) is 23.4 Å². The van der Waals surface area contributed by atoms with Crippen molar-refractivity contribution in [2.24, 2.45) is 0 Å². The molecule has 1 fully saturated rings. The number of para-hydroxylation sites is 1. The van der Waals surface area contributed by atoms with Crippen molar-refractivity contribution in [3.63, 3.8) is 0 Å². The minimum atomic E-state index is -0.282. The highest BCUT2D eigenvalue weighted by Crippen LogP contribution is 2.24. The van der Waals surface area contributed by atoms with E-state index >= 15 is 0 Å². The highest BCUT2D eigenvalue weighted by atomic mass is 16.5. The Morgan fingerprint density at radius 3 is 2.66 bits per heavy atom. The summed E-state index contributed by atoms with van der Waals surface area (Å²) in [5.41, 5.74) is 2.48. The Hall–Kier alpha value is -2.77. The summed E-state index contributed by atoms with van der Waals surface area (Å²) < 4.78 is 5.32. The lowest BCUT2D eigenvalue weighted by Crippen LogP contribution is -2.41. The van der Waals surface area contributed by atoms with E-state index < -0.39 is 0 Å². The van der Waals surface area contributed by atoms with Gasteiger partial charge in [0.05, 0.1) is 13.2 Å². The molecule has 0 unspecified atom stereocenters. The maximum Gasteiger partial charge on any atom is 0.269 e. The summed E-state index contributed by atoms with van der Waals surface area (Å²) >= 11 is 0. The Kier molecular flexibility index (Phi) is 7.32. The molecular formula is C22H28N4O3. The third-order valence-corrected chi connectivity index (χ3v) is 4.90. The first-order chi connectivity index (χ1) is 14.0. The van der Waals surface area contributed by atoms with Gasteiger partial charge in [0.15, 0.2) is 0 Å². The zero-order chi connectivity index (χ0) is 20.6. The Morgan fingerprint density at radius 1 is 1.14 bits per heavy atom. The Morgan fingerprint density at radius 2 is 1.90 bits per heavy atom. The molecule has 29 heavy (non-hydrogen) atoms. The number of nitrogens with one attached hydrogen (secondary N) is 2. The molecule has 3 rings (SSSR count). The quantitative estimate of drug-likeness (QED) is 0.751. The second-order valence-electron chi connectivity index (χ2n) is 7.34. The first-order valence-corrected chi connectivity index (χ1v) is 9.99. The molecule has 1 aliphatic heterocycles. The number of ether oxygens (including phenoxy) is 1. The van der Waals surface area contributed by atoms with Crippen LogP contribution in [0.15, 0.2) is 42.6 Å². The van der Waals surface area contributed by atoms with Crippen molar-refractivity contribution in [2.45, 2.75) is 19.8 Å². The number of amides is 2. The summed E-state index contributed by atoms with van der Waals surface area (Å²) in [6.45, 7) is 8.66. The van der Waals surface area contributed by atoms with E-state index in [0.29, 0.717) is 12.1 Å². The van der Waals surface area contributed by atoms with E-state index in [1.807, 2.05) is 24.3 Å². The van der Waals surface area contributed by atoms with Gasteiger partial charge in [-0.1, -0.05) is 32.0 Å². The van der Waals surface area contributed by atoms with Crippen LogP contribution in [0.2, 0.25) is 0 Å². The molecular weight excluding hydrogens is 368 g/mol. The number of nitrogens with zero attached hydrogens (tertiary/aromatic N) is 2. The molecule has 2 heterocycles. The third kappa shape index (κ3) is 5.85. The molecule has 0 atom stereocenters. The van der Waals surface area contributed by atoms with Crippen LogP contribution < -0.4 is 10.6 Å². The maximum absolute atomic E-state index is 12.7. The van der Waals surface area contributed by atoms with Crippen molar-refractivity contribution in [3.8, 4) is 0 Å². The molecule has 0 radical (unpaired) electrons. The molecule has 0 spiro atoms. The Bertz CT molecular complexity index is 847. The monoisotopic (exact) mass is 396 g/mol. The maximum atomic E-state index is 12.7. The highest BCUT2D eigenvalue weighted by Gasteiger charge is 2.15. The van der Waals surface area contributed by atoms with Gasteiger partial charge in [-0.05, 0) is 29.7 Å². The van der Waals surface area contributed by atoms with Crippen molar-refractivity contribution < 1.29 is 14.3 Å². The van der Waals surface area contributed by atoms with Crippen LogP contribution in [0.4, 0.5) is 5.69 Å². The third-order valence-electron chi connectivity index (χ3n) is 4.90. The van der Waals surface area contributed by atoms with Crippen LogP contribution >= 0.6 is 0 Å².